The normalized spacial score (nSPS) is 20.1. The number of thiophene rings is 1. The Labute approximate surface area is 141 Å². The molecule has 0 aliphatic heterocycles. The lowest BCUT2D eigenvalue weighted by molar-refractivity contribution is -0.0762. The monoisotopic (exact) mass is 373 g/mol. The van der Waals surface area contributed by atoms with Crippen molar-refractivity contribution in [1.82, 2.24) is 5.32 Å². The summed E-state index contributed by atoms with van der Waals surface area (Å²) < 4.78 is 7.60. The van der Waals surface area contributed by atoms with Crippen molar-refractivity contribution in [3.8, 4) is 0 Å². The third kappa shape index (κ3) is 4.78. The smallest absolute Gasteiger partial charge is 0.0838 e. The van der Waals surface area contributed by atoms with Crippen LogP contribution in [0.4, 0.5) is 0 Å². The standard InChI is InChI=1S/C17H28BrNOS/c1-3-19-15(13-14-9-10-16(18)21-14)17(20-4-2)11-7-5-6-8-12-17/h9-10,15,19H,3-8,11-13H2,1-2H3. The van der Waals surface area contributed by atoms with Crippen LogP contribution in [-0.4, -0.2) is 24.8 Å². The minimum atomic E-state index is 0.0255. The molecule has 0 bridgehead atoms. The number of halogens is 1. The first-order valence-corrected chi connectivity index (χ1v) is 9.92. The van der Waals surface area contributed by atoms with Gasteiger partial charge in [0.2, 0.25) is 0 Å². The zero-order valence-corrected chi connectivity index (χ0v) is 15.7. The summed E-state index contributed by atoms with van der Waals surface area (Å²) in [6, 6.07) is 4.82. The number of ether oxygens (including phenoxy) is 1. The highest BCUT2D eigenvalue weighted by Gasteiger charge is 2.39. The molecule has 0 spiro atoms. The Morgan fingerprint density at radius 1 is 1.24 bits per heavy atom. The van der Waals surface area contributed by atoms with Gasteiger partial charge in [-0.1, -0.05) is 32.6 Å². The van der Waals surface area contributed by atoms with Crippen molar-refractivity contribution in [2.24, 2.45) is 0 Å². The zero-order valence-electron chi connectivity index (χ0n) is 13.3. The first-order valence-electron chi connectivity index (χ1n) is 8.31. The first-order chi connectivity index (χ1) is 10.2. The van der Waals surface area contributed by atoms with Crippen LogP contribution in [0, 0.1) is 0 Å². The van der Waals surface area contributed by atoms with Crippen molar-refractivity contribution in [1.29, 1.82) is 0 Å². The second-order valence-corrected chi connectivity index (χ2v) is 8.48. The van der Waals surface area contributed by atoms with Gasteiger partial charge in [0, 0.05) is 17.5 Å². The Bertz CT molecular complexity index is 413. The minimum absolute atomic E-state index is 0.0255. The summed E-state index contributed by atoms with van der Waals surface area (Å²) >= 11 is 5.43. The average molecular weight is 374 g/mol. The molecule has 0 aromatic carbocycles. The summed E-state index contributed by atoms with van der Waals surface area (Å²) in [5.41, 5.74) is 0.0255. The van der Waals surface area contributed by atoms with Crippen molar-refractivity contribution in [2.45, 2.75) is 70.4 Å². The predicted molar refractivity (Wildman–Crippen MR) is 95.2 cm³/mol. The molecule has 1 unspecified atom stereocenters. The van der Waals surface area contributed by atoms with Gasteiger partial charge < -0.3 is 10.1 Å². The van der Waals surface area contributed by atoms with Gasteiger partial charge in [0.25, 0.3) is 0 Å². The van der Waals surface area contributed by atoms with Gasteiger partial charge >= 0.3 is 0 Å². The Kier molecular flexibility index (Phi) is 7.20. The fraction of sp³-hybridized carbons (Fsp3) is 0.765. The van der Waals surface area contributed by atoms with E-state index in [-0.39, 0.29) is 5.60 Å². The Hall–Kier alpha value is 0.1000. The minimum Gasteiger partial charge on any atom is -0.374 e. The summed E-state index contributed by atoms with van der Waals surface area (Å²) in [6.07, 6.45) is 8.79. The van der Waals surface area contributed by atoms with E-state index in [4.69, 9.17) is 4.74 Å². The van der Waals surface area contributed by atoms with Crippen LogP contribution in [0.2, 0.25) is 0 Å². The molecule has 1 fully saturated rings. The van der Waals surface area contributed by atoms with E-state index in [0.717, 1.165) is 19.6 Å². The SMILES string of the molecule is CCNC(Cc1ccc(Br)s1)C1(OCC)CCCCCC1. The molecule has 120 valence electrons. The van der Waals surface area contributed by atoms with Gasteiger partial charge in [0.1, 0.15) is 0 Å². The summed E-state index contributed by atoms with van der Waals surface area (Å²) in [4.78, 5) is 1.44. The number of rotatable bonds is 7. The van der Waals surface area contributed by atoms with Gasteiger partial charge in [-0.25, -0.2) is 0 Å². The van der Waals surface area contributed by atoms with Crippen molar-refractivity contribution in [2.75, 3.05) is 13.2 Å². The second-order valence-electron chi connectivity index (χ2n) is 5.93. The number of likely N-dealkylation sites (N-methyl/N-ethyl adjacent to an activating group) is 1. The topological polar surface area (TPSA) is 21.3 Å². The van der Waals surface area contributed by atoms with E-state index in [1.165, 1.54) is 47.2 Å². The maximum Gasteiger partial charge on any atom is 0.0838 e. The molecule has 2 rings (SSSR count). The maximum absolute atomic E-state index is 6.37. The van der Waals surface area contributed by atoms with E-state index >= 15 is 0 Å². The van der Waals surface area contributed by atoms with Crippen molar-refractivity contribution < 1.29 is 4.74 Å². The molecule has 4 heteroatoms. The quantitative estimate of drug-likeness (QED) is 0.666. The third-order valence-corrected chi connectivity index (χ3v) is 6.15. The molecule has 2 nitrogen and oxygen atoms in total. The van der Waals surface area contributed by atoms with Crippen molar-refractivity contribution >= 4 is 27.3 Å². The van der Waals surface area contributed by atoms with E-state index in [1.807, 2.05) is 11.3 Å². The van der Waals surface area contributed by atoms with Crippen LogP contribution >= 0.6 is 27.3 Å². The molecule has 0 radical (unpaired) electrons. The highest BCUT2D eigenvalue weighted by Crippen LogP contribution is 2.36. The lowest BCUT2D eigenvalue weighted by atomic mass is 9.83. The molecule has 1 aliphatic carbocycles. The van der Waals surface area contributed by atoms with Gasteiger partial charge in [-0.2, -0.15) is 0 Å². The van der Waals surface area contributed by atoms with Gasteiger partial charge in [-0.3, -0.25) is 0 Å². The molecule has 1 aromatic rings. The van der Waals surface area contributed by atoms with E-state index in [2.05, 4.69) is 47.2 Å². The molecule has 1 aromatic heterocycles. The Balaban J connectivity index is 2.17. The number of nitrogens with one attached hydrogen (secondary N) is 1. The van der Waals surface area contributed by atoms with Crippen LogP contribution in [0.25, 0.3) is 0 Å². The number of hydrogen-bond acceptors (Lipinski definition) is 3. The Morgan fingerprint density at radius 2 is 1.95 bits per heavy atom. The average Bonchev–Trinajstić information content (AvgIpc) is 2.73. The van der Waals surface area contributed by atoms with Crippen LogP contribution in [0.15, 0.2) is 15.9 Å². The summed E-state index contributed by atoms with van der Waals surface area (Å²) in [5, 5.41) is 3.73. The summed E-state index contributed by atoms with van der Waals surface area (Å²) in [6.45, 7) is 6.16. The zero-order chi connectivity index (χ0) is 15.1. The molecule has 1 aliphatic rings. The molecular weight excluding hydrogens is 346 g/mol. The van der Waals surface area contributed by atoms with Gasteiger partial charge in [-0.15, -0.1) is 11.3 Å². The lowest BCUT2D eigenvalue weighted by Crippen LogP contribution is -2.53. The molecule has 1 atom stereocenters. The van der Waals surface area contributed by atoms with E-state index in [9.17, 15) is 0 Å². The van der Waals surface area contributed by atoms with E-state index < -0.39 is 0 Å². The predicted octanol–water partition coefficient (Wildman–Crippen LogP) is 5.16. The van der Waals surface area contributed by atoms with Crippen LogP contribution in [0.5, 0.6) is 0 Å². The summed E-state index contributed by atoms with van der Waals surface area (Å²) in [5.74, 6) is 0. The molecular formula is C17H28BrNOS. The Morgan fingerprint density at radius 3 is 2.48 bits per heavy atom. The highest BCUT2D eigenvalue weighted by atomic mass is 79.9. The van der Waals surface area contributed by atoms with Crippen LogP contribution < -0.4 is 5.32 Å². The highest BCUT2D eigenvalue weighted by molar-refractivity contribution is 9.11. The molecule has 1 N–H and O–H groups in total. The second kappa shape index (κ2) is 8.66. The van der Waals surface area contributed by atoms with Crippen LogP contribution in [-0.2, 0) is 11.2 Å². The van der Waals surface area contributed by atoms with Crippen LogP contribution in [0.3, 0.4) is 0 Å². The fourth-order valence-corrected chi connectivity index (χ4v) is 5.09. The van der Waals surface area contributed by atoms with Gasteiger partial charge in [0.15, 0.2) is 0 Å². The lowest BCUT2D eigenvalue weighted by Gasteiger charge is -2.40. The van der Waals surface area contributed by atoms with E-state index in [1.54, 1.807) is 0 Å². The van der Waals surface area contributed by atoms with Gasteiger partial charge in [0.05, 0.1) is 9.39 Å². The van der Waals surface area contributed by atoms with E-state index in [0.29, 0.717) is 6.04 Å². The van der Waals surface area contributed by atoms with Crippen molar-refractivity contribution in [3.63, 3.8) is 0 Å². The molecule has 0 amide bonds. The van der Waals surface area contributed by atoms with Crippen LogP contribution in [0.1, 0.15) is 57.2 Å². The largest absolute Gasteiger partial charge is 0.374 e. The summed E-state index contributed by atoms with van der Waals surface area (Å²) in [7, 11) is 0. The third-order valence-electron chi connectivity index (χ3n) is 4.50. The fourth-order valence-electron chi connectivity index (χ4n) is 3.56. The molecule has 0 saturated heterocycles. The van der Waals surface area contributed by atoms with Gasteiger partial charge in [-0.05, 0) is 60.8 Å². The molecule has 1 heterocycles. The first kappa shape index (κ1) is 17.5. The maximum atomic E-state index is 6.37. The molecule has 1 saturated carbocycles. The van der Waals surface area contributed by atoms with Crippen molar-refractivity contribution in [3.05, 3.63) is 20.8 Å². The molecule has 21 heavy (non-hydrogen) atoms. The number of hydrogen-bond donors (Lipinski definition) is 1.